The molecule has 1 aromatic rings. The van der Waals surface area contributed by atoms with E-state index in [0.29, 0.717) is 11.5 Å². The van der Waals surface area contributed by atoms with Crippen LogP contribution < -0.4 is 0 Å². The Hall–Kier alpha value is -1.35. The molecule has 2 aliphatic rings. The van der Waals surface area contributed by atoms with E-state index in [4.69, 9.17) is 0 Å². The van der Waals surface area contributed by atoms with Gasteiger partial charge in [-0.25, -0.2) is 4.79 Å². The Morgan fingerprint density at radius 2 is 2.05 bits per heavy atom. The summed E-state index contributed by atoms with van der Waals surface area (Å²) < 4.78 is 0. The maximum absolute atomic E-state index is 11.2. The molecule has 3 heteroatoms. The van der Waals surface area contributed by atoms with Crippen LogP contribution in [-0.2, 0) is 5.41 Å². The van der Waals surface area contributed by atoms with Crippen LogP contribution in [0.15, 0.2) is 24.3 Å². The van der Waals surface area contributed by atoms with Crippen LogP contribution in [0.2, 0.25) is 0 Å². The van der Waals surface area contributed by atoms with Crippen LogP contribution in [0, 0.1) is 5.92 Å². The van der Waals surface area contributed by atoms with Crippen LogP contribution >= 0.6 is 0 Å². The Balaban J connectivity index is 1.78. The van der Waals surface area contributed by atoms with Crippen LogP contribution in [0.5, 0.6) is 0 Å². The number of carbonyl (C=O) groups is 1. The van der Waals surface area contributed by atoms with E-state index in [-0.39, 0.29) is 5.41 Å². The molecule has 1 aromatic carbocycles. The van der Waals surface area contributed by atoms with Crippen molar-refractivity contribution in [3.8, 4) is 0 Å². The molecule has 1 aliphatic carbocycles. The summed E-state index contributed by atoms with van der Waals surface area (Å²) in [5, 5.41) is 9.23. The van der Waals surface area contributed by atoms with Gasteiger partial charge in [0.05, 0.1) is 5.56 Å². The Morgan fingerprint density at radius 1 is 1.32 bits per heavy atom. The summed E-state index contributed by atoms with van der Waals surface area (Å²) in [5.74, 6) is -0.285. The number of carboxylic acids is 1. The van der Waals surface area contributed by atoms with Gasteiger partial charge in [-0.1, -0.05) is 38.8 Å². The van der Waals surface area contributed by atoms with Crippen molar-refractivity contribution in [2.75, 3.05) is 13.1 Å². The van der Waals surface area contributed by atoms with E-state index in [1.165, 1.54) is 31.2 Å². The first-order valence-corrected chi connectivity index (χ1v) is 8.58. The highest BCUT2D eigenvalue weighted by Gasteiger charge is 2.40. The maximum atomic E-state index is 11.2. The number of hydrogen-bond acceptors (Lipinski definition) is 2. The van der Waals surface area contributed by atoms with Gasteiger partial charge in [0.2, 0.25) is 0 Å². The van der Waals surface area contributed by atoms with Crippen molar-refractivity contribution in [3.05, 3.63) is 35.4 Å². The number of benzene rings is 1. The van der Waals surface area contributed by atoms with E-state index in [2.05, 4.69) is 24.8 Å². The van der Waals surface area contributed by atoms with Crippen LogP contribution in [0.1, 0.15) is 61.9 Å². The van der Waals surface area contributed by atoms with Crippen LogP contribution in [0.3, 0.4) is 0 Å². The molecule has 1 aliphatic heterocycles. The number of rotatable bonds is 3. The first kappa shape index (κ1) is 15.5. The summed E-state index contributed by atoms with van der Waals surface area (Å²) >= 11 is 0. The number of nitrogens with zero attached hydrogens (tertiary/aromatic N) is 1. The van der Waals surface area contributed by atoms with Crippen LogP contribution in [-0.4, -0.2) is 35.1 Å². The lowest BCUT2D eigenvalue weighted by Crippen LogP contribution is -2.50. The molecule has 3 rings (SSSR count). The Kier molecular flexibility index (Phi) is 4.26. The number of piperidine rings is 1. The standard InChI is InChI=1S/C19H27NO2/c1-14-13-20(17-8-3-4-9-17)11-10-19(14,2)16-7-5-6-15(12-16)18(21)22/h5-7,12,14,17H,3-4,8-11,13H2,1-2H3,(H,21,22). The third-order valence-corrected chi connectivity index (χ3v) is 6.12. The molecular weight excluding hydrogens is 274 g/mol. The molecule has 0 spiro atoms. The molecule has 1 saturated carbocycles. The summed E-state index contributed by atoms with van der Waals surface area (Å²) in [4.78, 5) is 13.9. The topological polar surface area (TPSA) is 40.5 Å². The number of likely N-dealkylation sites (tertiary alicyclic amines) is 1. The van der Waals surface area contributed by atoms with Gasteiger partial charge in [0.1, 0.15) is 0 Å². The highest BCUT2D eigenvalue weighted by Crippen LogP contribution is 2.41. The highest BCUT2D eigenvalue weighted by molar-refractivity contribution is 5.87. The van der Waals surface area contributed by atoms with Crippen LogP contribution in [0.4, 0.5) is 0 Å². The first-order valence-electron chi connectivity index (χ1n) is 8.58. The molecule has 3 nitrogen and oxygen atoms in total. The van der Waals surface area contributed by atoms with E-state index in [9.17, 15) is 9.90 Å². The maximum Gasteiger partial charge on any atom is 0.335 e. The van der Waals surface area contributed by atoms with Gasteiger partial charge in [-0.15, -0.1) is 0 Å². The summed E-state index contributed by atoms with van der Waals surface area (Å²) in [6.45, 7) is 6.92. The lowest BCUT2D eigenvalue weighted by Gasteiger charge is -2.47. The molecule has 2 unspecified atom stereocenters. The molecule has 0 radical (unpaired) electrons. The van der Waals surface area contributed by atoms with Gasteiger partial charge in [0.15, 0.2) is 0 Å². The van der Waals surface area contributed by atoms with Crippen molar-refractivity contribution >= 4 is 5.97 Å². The minimum absolute atomic E-state index is 0.0839. The monoisotopic (exact) mass is 301 g/mol. The molecule has 2 atom stereocenters. The Bertz CT molecular complexity index is 550. The quantitative estimate of drug-likeness (QED) is 0.919. The lowest BCUT2D eigenvalue weighted by atomic mass is 9.67. The fourth-order valence-corrected chi connectivity index (χ4v) is 4.30. The largest absolute Gasteiger partial charge is 0.478 e. The second-order valence-corrected chi connectivity index (χ2v) is 7.39. The molecule has 1 saturated heterocycles. The van der Waals surface area contributed by atoms with Gasteiger partial charge >= 0.3 is 5.97 Å². The molecular formula is C19H27NO2. The summed E-state index contributed by atoms with van der Waals surface area (Å²) in [6, 6.07) is 8.35. The summed E-state index contributed by atoms with van der Waals surface area (Å²) in [5.41, 5.74) is 1.68. The normalized spacial score (nSPS) is 30.5. The average Bonchev–Trinajstić information content (AvgIpc) is 3.04. The van der Waals surface area contributed by atoms with Gasteiger partial charge in [-0.3, -0.25) is 0 Å². The SMILES string of the molecule is CC1CN(C2CCCC2)CCC1(C)c1cccc(C(=O)O)c1. The van der Waals surface area contributed by atoms with Crippen molar-refractivity contribution in [1.82, 2.24) is 4.90 Å². The van der Waals surface area contributed by atoms with Crippen molar-refractivity contribution in [2.24, 2.45) is 5.92 Å². The molecule has 0 bridgehead atoms. The third-order valence-electron chi connectivity index (χ3n) is 6.12. The molecule has 1 heterocycles. The fourth-order valence-electron chi connectivity index (χ4n) is 4.30. The summed E-state index contributed by atoms with van der Waals surface area (Å²) in [7, 11) is 0. The molecule has 0 aromatic heterocycles. The van der Waals surface area contributed by atoms with Gasteiger partial charge in [0, 0.05) is 12.6 Å². The highest BCUT2D eigenvalue weighted by atomic mass is 16.4. The van der Waals surface area contributed by atoms with Crippen LogP contribution in [0.25, 0.3) is 0 Å². The molecule has 0 amide bonds. The van der Waals surface area contributed by atoms with Gasteiger partial charge in [-0.05, 0) is 54.8 Å². The van der Waals surface area contributed by atoms with Crippen molar-refractivity contribution < 1.29 is 9.90 Å². The molecule has 22 heavy (non-hydrogen) atoms. The Labute approximate surface area is 133 Å². The van der Waals surface area contributed by atoms with E-state index in [0.717, 1.165) is 25.6 Å². The minimum Gasteiger partial charge on any atom is -0.478 e. The number of hydrogen-bond donors (Lipinski definition) is 1. The Morgan fingerprint density at radius 3 is 2.68 bits per heavy atom. The zero-order valence-electron chi connectivity index (χ0n) is 13.7. The number of carboxylic acid groups (broad SMARTS) is 1. The molecule has 1 N–H and O–H groups in total. The van der Waals surface area contributed by atoms with E-state index < -0.39 is 5.97 Å². The average molecular weight is 301 g/mol. The zero-order valence-corrected chi connectivity index (χ0v) is 13.7. The smallest absolute Gasteiger partial charge is 0.335 e. The zero-order chi connectivity index (χ0) is 15.7. The van der Waals surface area contributed by atoms with Gasteiger partial charge in [-0.2, -0.15) is 0 Å². The van der Waals surface area contributed by atoms with E-state index in [1.54, 1.807) is 6.07 Å². The third kappa shape index (κ3) is 2.79. The number of aromatic carboxylic acids is 1. The van der Waals surface area contributed by atoms with E-state index in [1.807, 2.05) is 12.1 Å². The second kappa shape index (κ2) is 6.04. The predicted octanol–water partition coefficient (Wildman–Crippen LogP) is 3.93. The lowest BCUT2D eigenvalue weighted by molar-refractivity contribution is 0.0693. The fraction of sp³-hybridized carbons (Fsp3) is 0.632. The first-order chi connectivity index (χ1) is 10.5. The predicted molar refractivity (Wildman–Crippen MR) is 88.4 cm³/mol. The second-order valence-electron chi connectivity index (χ2n) is 7.39. The van der Waals surface area contributed by atoms with Crippen molar-refractivity contribution in [2.45, 2.75) is 57.4 Å². The van der Waals surface area contributed by atoms with Gasteiger partial charge < -0.3 is 10.0 Å². The summed E-state index contributed by atoms with van der Waals surface area (Å²) in [6.07, 6.45) is 6.60. The van der Waals surface area contributed by atoms with Crippen molar-refractivity contribution in [1.29, 1.82) is 0 Å². The molecule has 120 valence electrons. The molecule has 2 fully saturated rings. The van der Waals surface area contributed by atoms with Crippen molar-refractivity contribution in [3.63, 3.8) is 0 Å². The minimum atomic E-state index is -0.832. The van der Waals surface area contributed by atoms with Gasteiger partial charge in [0.25, 0.3) is 0 Å². The van der Waals surface area contributed by atoms with E-state index >= 15 is 0 Å².